The Morgan fingerprint density at radius 1 is 1.45 bits per heavy atom. The first-order valence-corrected chi connectivity index (χ1v) is 9.28. The van der Waals surface area contributed by atoms with Gasteiger partial charge in [-0.1, -0.05) is 18.0 Å². The van der Waals surface area contributed by atoms with E-state index in [0.29, 0.717) is 23.8 Å². The lowest BCUT2D eigenvalue weighted by molar-refractivity contribution is 0.154. The molecule has 0 amide bonds. The standard InChI is InChI=1S/C12H19ClN2O3S2/c13-12-5-4-11(19-12)6-7-14-20(17,18)15-8-2-1-3-10(15)9-16/h4-5,10,14,16H,1-3,6-9H2. The summed E-state index contributed by atoms with van der Waals surface area (Å²) >= 11 is 7.29. The minimum absolute atomic E-state index is 0.124. The zero-order chi connectivity index (χ0) is 14.6. The lowest BCUT2D eigenvalue weighted by Crippen LogP contribution is -2.50. The van der Waals surface area contributed by atoms with Crippen molar-refractivity contribution < 1.29 is 13.5 Å². The molecule has 1 fully saturated rings. The highest BCUT2D eigenvalue weighted by atomic mass is 35.5. The maximum absolute atomic E-state index is 12.2. The predicted molar refractivity (Wildman–Crippen MR) is 81.4 cm³/mol. The van der Waals surface area contributed by atoms with Crippen LogP contribution in [-0.4, -0.2) is 43.6 Å². The van der Waals surface area contributed by atoms with Gasteiger partial charge in [-0.3, -0.25) is 0 Å². The molecule has 0 spiro atoms. The van der Waals surface area contributed by atoms with Crippen LogP contribution in [0.1, 0.15) is 24.1 Å². The van der Waals surface area contributed by atoms with E-state index in [4.69, 9.17) is 11.6 Å². The van der Waals surface area contributed by atoms with Gasteiger partial charge in [-0.05, 0) is 31.4 Å². The van der Waals surface area contributed by atoms with Gasteiger partial charge in [0, 0.05) is 24.0 Å². The number of hydrogen-bond donors (Lipinski definition) is 2. The summed E-state index contributed by atoms with van der Waals surface area (Å²) in [5.41, 5.74) is 0. The fourth-order valence-electron chi connectivity index (χ4n) is 2.35. The van der Waals surface area contributed by atoms with Gasteiger partial charge >= 0.3 is 0 Å². The molecule has 1 atom stereocenters. The molecule has 0 aliphatic carbocycles. The smallest absolute Gasteiger partial charge is 0.279 e. The molecule has 1 aliphatic heterocycles. The van der Waals surface area contributed by atoms with Crippen molar-refractivity contribution >= 4 is 33.1 Å². The lowest BCUT2D eigenvalue weighted by atomic mass is 10.1. The molecule has 0 bridgehead atoms. The van der Waals surface area contributed by atoms with Crippen LogP contribution in [0.3, 0.4) is 0 Å². The van der Waals surface area contributed by atoms with Gasteiger partial charge in [0.05, 0.1) is 10.9 Å². The van der Waals surface area contributed by atoms with Crippen molar-refractivity contribution in [1.29, 1.82) is 0 Å². The van der Waals surface area contributed by atoms with Crippen molar-refractivity contribution in [2.75, 3.05) is 19.7 Å². The second kappa shape index (κ2) is 7.20. The molecule has 0 aromatic carbocycles. The summed E-state index contributed by atoms with van der Waals surface area (Å²) in [6.07, 6.45) is 3.15. The van der Waals surface area contributed by atoms with Gasteiger partial charge < -0.3 is 5.11 Å². The van der Waals surface area contributed by atoms with Gasteiger partial charge in [0.15, 0.2) is 0 Å². The van der Waals surface area contributed by atoms with Crippen LogP contribution in [0.5, 0.6) is 0 Å². The van der Waals surface area contributed by atoms with Crippen LogP contribution >= 0.6 is 22.9 Å². The van der Waals surface area contributed by atoms with Crippen molar-refractivity contribution in [3.05, 3.63) is 21.3 Å². The zero-order valence-corrected chi connectivity index (χ0v) is 13.5. The normalized spacial score (nSPS) is 21.2. The Labute approximate surface area is 128 Å². The van der Waals surface area contributed by atoms with E-state index < -0.39 is 10.2 Å². The number of aliphatic hydroxyl groups excluding tert-OH is 1. The second-order valence-electron chi connectivity index (χ2n) is 4.80. The number of hydrogen-bond acceptors (Lipinski definition) is 4. The third-order valence-electron chi connectivity index (χ3n) is 3.38. The van der Waals surface area contributed by atoms with E-state index in [1.807, 2.05) is 12.1 Å². The molecule has 1 aromatic rings. The van der Waals surface area contributed by atoms with Crippen LogP contribution in [0.25, 0.3) is 0 Å². The quantitative estimate of drug-likeness (QED) is 0.828. The van der Waals surface area contributed by atoms with E-state index >= 15 is 0 Å². The molecule has 2 heterocycles. The number of nitrogens with zero attached hydrogens (tertiary/aromatic N) is 1. The lowest BCUT2D eigenvalue weighted by Gasteiger charge is -2.33. The molecular formula is C12H19ClN2O3S2. The molecule has 8 heteroatoms. The summed E-state index contributed by atoms with van der Waals surface area (Å²) in [5, 5.41) is 9.28. The first-order valence-electron chi connectivity index (χ1n) is 6.64. The molecule has 1 unspecified atom stereocenters. The maximum atomic E-state index is 12.2. The zero-order valence-electron chi connectivity index (χ0n) is 11.1. The van der Waals surface area contributed by atoms with Gasteiger partial charge in [0.2, 0.25) is 0 Å². The Hall–Kier alpha value is -0.180. The Morgan fingerprint density at radius 3 is 2.90 bits per heavy atom. The molecular weight excluding hydrogens is 320 g/mol. The highest BCUT2D eigenvalue weighted by Crippen LogP contribution is 2.22. The van der Waals surface area contributed by atoms with Crippen LogP contribution in [0.2, 0.25) is 4.34 Å². The largest absolute Gasteiger partial charge is 0.395 e. The van der Waals surface area contributed by atoms with E-state index in [1.165, 1.54) is 15.6 Å². The third kappa shape index (κ3) is 4.16. The SMILES string of the molecule is O=S(=O)(NCCc1ccc(Cl)s1)N1CCCCC1CO. The molecule has 1 aliphatic rings. The highest BCUT2D eigenvalue weighted by molar-refractivity contribution is 7.87. The number of halogens is 1. The van der Waals surface area contributed by atoms with Gasteiger partial charge in [0.25, 0.3) is 10.2 Å². The minimum Gasteiger partial charge on any atom is -0.395 e. The van der Waals surface area contributed by atoms with E-state index in [0.717, 1.165) is 24.1 Å². The molecule has 1 saturated heterocycles. The van der Waals surface area contributed by atoms with Crippen molar-refractivity contribution in [3.63, 3.8) is 0 Å². The average molecular weight is 339 g/mol. The third-order valence-corrected chi connectivity index (χ3v) is 6.34. The number of aliphatic hydroxyl groups is 1. The van der Waals surface area contributed by atoms with Crippen molar-refractivity contribution in [1.82, 2.24) is 9.03 Å². The van der Waals surface area contributed by atoms with E-state index in [-0.39, 0.29) is 12.6 Å². The first kappa shape index (κ1) is 16.2. The summed E-state index contributed by atoms with van der Waals surface area (Å²) in [6, 6.07) is 3.42. The molecule has 1 aromatic heterocycles. The number of piperidine rings is 1. The summed E-state index contributed by atoms with van der Waals surface area (Å²) in [5.74, 6) is 0. The van der Waals surface area contributed by atoms with Crippen molar-refractivity contribution in [2.45, 2.75) is 31.7 Å². The summed E-state index contributed by atoms with van der Waals surface area (Å²) in [6.45, 7) is 0.695. The molecule has 2 rings (SSSR count). The molecule has 0 saturated carbocycles. The van der Waals surface area contributed by atoms with Crippen LogP contribution in [0.4, 0.5) is 0 Å². The summed E-state index contributed by atoms with van der Waals surface area (Å²) in [4.78, 5) is 1.05. The van der Waals surface area contributed by atoms with Gasteiger partial charge in [-0.25, -0.2) is 4.72 Å². The van der Waals surface area contributed by atoms with Crippen LogP contribution in [-0.2, 0) is 16.6 Å². The summed E-state index contributed by atoms with van der Waals surface area (Å²) in [7, 11) is -3.51. The topological polar surface area (TPSA) is 69.6 Å². The maximum Gasteiger partial charge on any atom is 0.279 e. The van der Waals surface area contributed by atoms with Gasteiger partial charge in [0.1, 0.15) is 0 Å². The predicted octanol–water partition coefficient (Wildman–Crippen LogP) is 1.63. The van der Waals surface area contributed by atoms with E-state index in [2.05, 4.69) is 4.72 Å². The average Bonchev–Trinajstić information content (AvgIpc) is 2.84. The molecule has 0 radical (unpaired) electrons. The molecule has 2 N–H and O–H groups in total. The van der Waals surface area contributed by atoms with Gasteiger partial charge in [-0.2, -0.15) is 12.7 Å². The Balaban J connectivity index is 1.89. The van der Waals surface area contributed by atoms with Gasteiger partial charge in [-0.15, -0.1) is 11.3 Å². The summed E-state index contributed by atoms with van der Waals surface area (Å²) < 4.78 is 29.2. The molecule has 114 valence electrons. The number of nitrogens with one attached hydrogen (secondary N) is 1. The van der Waals surface area contributed by atoms with Crippen molar-refractivity contribution in [2.24, 2.45) is 0 Å². The Morgan fingerprint density at radius 2 is 2.25 bits per heavy atom. The fraction of sp³-hybridized carbons (Fsp3) is 0.667. The minimum atomic E-state index is -3.51. The Kier molecular flexibility index (Phi) is 5.83. The van der Waals surface area contributed by atoms with E-state index in [1.54, 1.807) is 0 Å². The Bertz CT molecular complexity index is 533. The number of thiophene rings is 1. The fourth-order valence-corrected chi connectivity index (χ4v) is 4.89. The second-order valence-corrected chi connectivity index (χ2v) is 8.31. The highest BCUT2D eigenvalue weighted by Gasteiger charge is 2.31. The van der Waals surface area contributed by atoms with E-state index in [9.17, 15) is 13.5 Å². The van der Waals surface area contributed by atoms with Crippen LogP contribution in [0.15, 0.2) is 12.1 Å². The monoisotopic (exact) mass is 338 g/mol. The van der Waals surface area contributed by atoms with Crippen LogP contribution in [0, 0.1) is 0 Å². The molecule has 20 heavy (non-hydrogen) atoms. The first-order chi connectivity index (χ1) is 9.53. The number of rotatable bonds is 6. The van der Waals surface area contributed by atoms with Crippen LogP contribution < -0.4 is 4.72 Å². The molecule has 5 nitrogen and oxygen atoms in total. The van der Waals surface area contributed by atoms with Crippen molar-refractivity contribution in [3.8, 4) is 0 Å².